The minimum Gasteiger partial charge on any atom is -0.398 e. The van der Waals surface area contributed by atoms with E-state index in [2.05, 4.69) is 13.8 Å². The molecule has 0 bridgehead atoms. The highest BCUT2D eigenvalue weighted by Gasteiger charge is 2.07. The molecular weight excluding hydrogens is 242 g/mol. The van der Waals surface area contributed by atoms with Crippen molar-refractivity contribution in [2.45, 2.75) is 26.0 Å². The van der Waals surface area contributed by atoms with Crippen molar-refractivity contribution in [3.05, 3.63) is 28.8 Å². The molecule has 2 N–H and O–H groups in total. The zero-order valence-corrected chi connectivity index (χ0v) is 11.3. The Morgan fingerprint density at radius 3 is 2.75 bits per heavy atom. The van der Waals surface area contributed by atoms with E-state index in [4.69, 9.17) is 17.3 Å². The first-order valence-corrected chi connectivity index (χ1v) is 7.24. The Hall–Kier alpha value is -0.540. The number of nitrogens with two attached hydrogens (primary N) is 1. The van der Waals surface area contributed by atoms with Crippen molar-refractivity contribution in [3.63, 3.8) is 0 Å². The molecule has 0 saturated heterocycles. The van der Waals surface area contributed by atoms with Gasteiger partial charge in [-0.15, -0.1) is 0 Å². The molecule has 0 aliphatic heterocycles. The minimum atomic E-state index is -0.849. The highest BCUT2D eigenvalue weighted by Crippen LogP contribution is 2.19. The van der Waals surface area contributed by atoms with Gasteiger partial charge in [-0.1, -0.05) is 25.4 Å². The van der Waals surface area contributed by atoms with E-state index in [1.165, 1.54) is 0 Å². The van der Waals surface area contributed by atoms with E-state index in [0.29, 0.717) is 22.4 Å². The van der Waals surface area contributed by atoms with Crippen molar-refractivity contribution in [2.24, 2.45) is 5.92 Å². The van der Waals surface area contributed by atoms with Gasteiger partial charge in [0.1, 0.15) is 0 Å². The summed E-state index contributed by atoms with van der Waals surface area (Å²) < 4.78 is 11.8. The normalized spacial score (nSPS) is 13.0. The van der Waals surface area contributed by atoms with Gasteiger partial charge in [-0.3, -0.25) is 4.21 Å². The zero-order valence-electron chi connectivity index (χ0n) is 9.70. The molecule has 0 saturated carbocycles. The lowest BCUT2D eigenvalue weighted by atomic mass is 10.2. The van der Waals surface area contributed by atoms with E-state index in [1.54, 1.807) is 18.2 Å². The van der Waals surface area contributed by atoms with Crippen molar-refractivity contribution in [2.75, 3.05) is 11.5 Å². The Labute approximate surface area is 105 Å². The SMILES string of the molecule is CC(C)CCS(=O)Cc1cc(Cl)ccc1N. The summed E-state index contributed by atoms with van der Waals surface area (Å²) in [5.74, 6) is 1.81. The minimum absolute atomic E-state index is 0.499. The number of anilines is 1. The van der Waals surface area contributed by atoms with Gasteiger partial charge in [0, 0.05) is 27.3 Å². The molecule has 0 spiro atoms. The second-order valence-electron chi connectivity index (χ2n) is 4.31. The fourth-order valence-electron chi connectivity index (χ4n) is 1.31. The van der Waals surface area contributed by atoms with Gasteiger partial charge in [0.15, 0.2) is 0 Å². The first-order valence-electron chi connectivity index (χ1n) is 5.38. The molecule has 2 nitrogen and oxygen atoms in total. The Morgan fingerprint density at radius 2 is 2.12 bits per heavy atom. The predicted molar refractivity (Wildman–Crippen MR) is 72.0 cm³/mol. The Morgan fingerprint density at radius 1 is 1.44 bits per heavy atom. The molecule has 90 valence electrons. The Bertz CT molecular complexity index is 379. The standard InChI is InChI=1S/C12H18ClNOS/c1-9(2)5-6-16(15)8-10-7-11(13)3-4-12(10)14/h3-4,7,9H,5-6,8,14H2,1-2H3. The maximum atomic E-state index is 11.8. The maximum absolute atomic E-state index is 11.8. The fraction of sp³-hybridized carbons (Fsp3) is 0.500. The molecule has 0 aliphatic carbocycles. The molecule has 4 heteroatoms. The second kappa shape index (κ2) is 6.26. The van der Waals surface area contributed by atoms with Gasteiger partial charge >= 0.3 is 0 Å². The van der Waals surface area contributed by atoms with Crippen molar-refractivity contribution < 1.29 is 4.21 Å². The summed E-state index contributed by atoms with van der Waals surface area (Å²) in [7, 11) is -0.849. The summed E-state index contributed by atoms with van der Waals surface area (Å²) in [6.07, 6.45) is 0.979. The van der Waals surface area contributed by atoms with Crippen LogP contribution >= 0.6 is 11.6 Å². The molecular formula is C12H18ClNOS. The highest BCUT2D eigenvalue weighted by atomic mass is 35.5. The van der Waals surface area contributed by atoms with Gasteiger partial charge in [-0.25, -0.2) is 0 Å². The summed E-state index contributed by atoms with van der Waals surface area (Å²) in [6.45, 7) is 4.26. The van der Waals surface area contributed by atoms with E-state index in [0.717, 1.165) is 17.7 Å². The van der Waals surface area contributed by atoms with E-state index in [-0.39, 0.29) is 0 Å². The number of hydrogen-bond donors (Lipinski definition) is 1. The van der Waals surface area contributed by atoms with Crippen molar-refractivity contribution in [3.8, 4) is 0 Å². The zero-order chi connectivity index (χ0) is 12.1. The summed E-state index contributed by atoms with van der Waals surface area (Å²) in [5, 5.41) is 0.644. The first kappa shape index (κ1) is 13.5. The van der Waals surface area contributed by atoms with Crippen LogP contribution in [-0.4, -0.2) is 9.96 Å². The van der Waals surface area contributed by atoms with Crippen LogP contribution in [0, 0.1) is 5.92 Å². The van der Waals surface area contributed by atoms with Gasteiger partial charge < -0.3 is 5.73 Å². The molecule has 16 heavy (non-hydrogen) atoms. The molecule has 1 aromatic rings. The average molecular weight is 260 g/mol. The molecule has 0 aromatic heterocycles. The molecule has 0 radical (unpaired) electrons. The molecule has 1 rings (SSSR count). The lowest BCUT2D eigenvalue weighted by Crippen LogP contribution is -2.05. The third-order valence-electron chi connectivity index (χ3n) is 2.34. The second-order valence-corrected chi connectivity index (χ2v) is 6.33. The topological polar surface area (TPSA) is 43.1 Å². The van der Waals surface area contributed by atoms with Gasteiger partial charge in [0.05, 0.1) is 5.75 Å². The molecule has 0 fully saturated rings. The molecule has 0 aliphatic rings. The summed E-state index contributed by atoms with van der Waals surface area (Å²) >= 11 is 5.87. The van der Waals surface area contributed by atoms with E-state index < -0.39 is 10.8 Å². The van der Waals surface area contributed by atoms with Gasteiger partial charge in [-0.2, -0.15) is 0 Å². The highest BCUT2D eigenvalue weighted by molar-refractivity contribution is 7.84. The monoisotopic (exact) mass is 259 g/mol. The molecule has 1 unspecified atom stereocenters. The Kier molecular flexibility index (Phi) is 5.29. The lowest BCUT2D eigenvalue weighted by Gasteiger charge is -2.07. The number of nitrogen functional groups attached to an aromatic ring is 1. The van der Waals surface area contributed by atoms with Crippen LogP contribution in [0.4, 0.5) is 5.69 Å². The van der Waals surface area contributed by atoms with Crippen LogP contribution in [0.5, 0.6) is 0 Å². The van der Waals surface area contributed by atoms with Gasteiger partial charge in [-0.05, 0) is 36.1 Å². The van der Waals surface area contributed by atoms with Crippen LogP contribution < -0.4 is 5.73 Å². The van der Waals surface area contributed by atoms with Crippen molar-refractivity contribution in [1.29, 1.82) is 0 Å². The molecule has 1 aromatic carbocycles. The predicted octanol–water partition coefficient (Wildman–Crippen LogP) is 3.22. The van der Waals surface area contributed by atoms with Crippen LogP contribution in [0.15, 0.2) is 18.2 Å². The van der Waals surface area contributed by atoms with Crippen LogP contribution in [-0.2, 0) is 16.6 Å². The molecule has 0 heterocycles. The molecule has 0 amide bonds. The largest absolute Gasteiger partial charge is 0.398 e. The first-order chi connectivity index (χ1) is 7.49. The smallest absolute Gasteiger partial charge is 0.0506 e. The van der Waals surface area contributed by atoms with Crippen LogP contribution in [0.25, 0.3) is 0 Å². The van der Waals surface area contributed by atoms with Gasteiger partial charge in [0.25, 0.3) is 0 Å². The van der Waals surface area contributed by atoms with Crippen LogP contribution in [0.2, 0.25) is 5.02 Å². The number of benzene rings is 1. The molecule has 1 atom stereocenters. The van der Waals surface area contributed by atoms with E-state index in [9.17, 15) is 4.21 Å². The van der Waals surface area contributed by atoms with E-state index in [1.807, 2.05) is 0 Å². The average Bonchev–Trinajstić information content (AvgIpc) is 2.20. The van der Waals surface area contributed by atoms with Crippen LogP contribution in [0.3, 0.4) is 0 Å². The number of hydrogen-bond acceptors (Lipinski definition) is 2. The van der Waals surface area contributed by atoms with Crippen molar-refractivity contribution >= 4 is 28.1 Å². The van der Waals surface area contributed by atoms with E-state index >= 15 is 0 Å². The lowest BCUT2D eigenvalue weighted by molar-refractivity contribution is 0.619. The Balaban J connectivity index is 2.59. The van der Waals surface area contributed by atoms with Crippen molar-refractivity contribution in [1.82, 2.24) is 0 Å². The van der Waals surface area contributed by atoms with Crippen LogP contribution in [0.1, 0.15) is 25.8 Å². The third kappa shape index (κ3) is 4.54. The van der Waals surface area contributed by atoms with Gasteiger partial charge in [0.2, 0.25) is 0 Å². The fourth-order valence-corrected chi connectivity index (χ4v) is 2.98. The third-order valence-corrected chi connectivity index (χ3v) is 3.90. The number of halogens is 1. The summed E-state index contributed by atoms with van der Waals surface area (Å²) in [5.41, 5.74) is 7.35. The summed E-state index contributed by atoms with van der Waals surface area (Å²) in [4.78, 5) is 0. The quantitative estimate of drug-likeness (QED) is 0.825. The maximum Gasteiger partial charge on any atom is 0.0506 e. The summed E-state index contributed by atoms with van der Waals surface area (Å²) in [6, 6.07) is 5.30. The number of rotatable bonds is 5.